The molecule has 23 heavy (non-hydrogen) atoms. The molecular formula is C19H24N2O2. The Morgan fingerprint density at radius 2 is 1.57 bits per heavy atom. The predicted octanol–water partition coefficient (Wildman–Crippen LogP) is 4.22. The minimum absolute atomic E-state index is 0.168. The standard InChI is InChI=1S/C19H24N2O2/c1-14(15-8-6-5-7-9-15)20-16-10-12-17(13-11-16)21-18(22)19(2,3)23-4/h5-14,20H,1-4H3,(H,21,22). The van der Waals surface area contributed by atoms with Crippen LogP contribution in [0.2, 0.25) is 0 Å². The Hall–Kier alpha value is -2.33. The van der Waals surface area contributed by atoms with Gasteiger partial charge in [0.2, 0.25) is 0 Å². The number of ether oxygens (including phenoxy) is 1. The molecule has 0 bridgehead atoms. The van der Waals surface area contributed by atoms with Gasteiger partial charge in [0.1, 0.15) is 5.60 Å². The third-order valence-electron chi connectivity index (χ3n) is 3.88. The summed E-state index contributed by atoms with van der Waals surface area (Å²) in [7, 11) is 1.53. The van der Waals surface area contributed by atoms with Gasteiger partial charge in [0.25, 0.3) is 5.91 Å². The molecule has 0 radical (unpaired) electrons. The Kier molecular flexibility index (Phi) is 5.40. The Labute approximate surface area is 137 Å². The summed E-state index contributed by atoms with van der Waals surface area (Å²) in [6, 6.07) is 18.1. The topological polar surface area (TPSA) is 50.4 Å². The molecule has 2 aromatic rings. The number of carbonyl (C=O) groups excluding carboxylic acids is 1. The van der Waals surface area contributed by atoms with Gasteiger partial charge in [0, 0.05) is 24.5 Å². The van der Waals surface area contributed by atoms with Gasteiger partial charge in [-0.1, -0.05) is 30.3 Å². The highest BCUT2D eigenvalue weighted by atomic mass is 16.5. The van der Waals surface area contributed by atoms with Gasteiger partial charge in [0.15, 0.2) is 0 Å². The molecule has 4 heteroatoms. The van der Waals surface area contributed by atoms with Crippen molar-refractivity contribution in [3.63, 3.8) is 0 Å². The average Bonchev–Trinajstić information content (AvgIpc) is 2.57. The van der Waals surface area contributed by atoms with E-state index >= 15 is 0 Å². The molecule has 0 heterocycles. The van der Waals surface area contributed by atoms with Gasteiger partial charge in [-0.3, -0.25) is 4.79 Å². The lowest BCUT2D eigenvalue weighted by Crippen LogP contribution is -2.38. The van der Waals surface area contributed by atoms with Gasteiger partial charge in [0.05, 0.1) is 0 Å². The Bertz CT molecular complexity index is 636. The van der Waals surface area contributed by atoms with Crippen LogP contribution >= 0.6 is 0 Å². The molecule has 0 saturated carbocycles. The number of amides is 1. The van der Waals surface area contributed by atoms with Crippen LogP contribution in [0.3, 0.4) is 0 Å². The third-order valence-corrected chi connectivity index (χ3v) is 3.88. The van der Waals surface area contributed by atoms with Gasteiger partial charge >= 0.3 is 0 Å². The van der Waals surface area contributed by atoms with Crippen LogP contribution in [-0.2, 0) is 9.53 Å². The second kappa shape index (κ2) is 7.29. The summed E-state index contributed by atoms with van der Waals surface area (Å²) in [6.07, 6.45) is 0. The summed E-state index contributed by atoms with van der Waals surface area (Å²) in [6.45, 7) is 5.59. The van der Waals surface area contributed by atoms with Crippen LogP contribution in [-0.4, -0.2) is 18.6 Å². The second-order valence-corrected chi connectivity index (χ2v) is 6.02. The summed E-state index contributed by atoms with van der Waals surface area (Å²) in [5.41, 5.74) is 2.13. The molecule has 0 saturated heterocycles. The lowest BCUT2D eigenvalue weighted by Gasteiger charge is -2.22. The van der Waals surface area contributed by atoms with E-state index in [4.69, 9.17) is 4.74 Å². The van der Waals surface area contributed by atoms with Crippen molar-refractivity contribution in [3.8, 4) is 0 Å². The van der Waals surface area contributed by atoms with E-state index in [9.17, 15) is 4.79 Å². The number of benzene rings is 2. The van der Waals surface area contributed by atoms with Crippen molar-refractivity contribution in [2.45, 2.75) is 32.4 Å². The van der Waals surface area contributed by atoms with E-state index in [2.05, 4.69) is 29.7 Å². The lowest BCUT2D eigenvalue weighted by molar-refractivity contribution is -0.133. The van der Waals surface area contributed by atoms with Crippen LogP contribution in [0.4, 0.5) is 11.4 Å². The zero-order valence-corrected chi connectivity index (χ0v) is 14.1. The number of carbonyl (C=O) groups is 1. The van der Waals surface area contributed by atoms with Crippen molar-refractivity contribution in [2.75, 3.05) is 17.7 Å². The molecule has 2 aromatic carbocycles. The van der Waals surface area contributed by atoms with Crippen LogP contribution in [0.15, 0.2) is 54.6 Å². The molecule has 1 atom stereocenters. The number of rotatable bonds is 6. The number of nitrogens with one attached hydrogen (secondary N) is 2. The van der Waals surface area contributed by atoms with Crippen molar-refractivity contribution in [1.82, 2.24) is 0 Å². The van der Waals surface area contributed by atoms with E-state index in [0.29, 0.717) is 0 Å². The number of methoxy groups -OCH3 is 1. The smallest absolute Gasteiger partial charge is 0.256 e. The highest BCUT2D eigenvalue weighted by Gasteiger charge is 2.26. The molecule has 1 amide bonds. The zero-order valence-electron chi connectivity index (χ0n) is 14.1. The lowest BCUT2D eigenvalue weighted by atomic mass is 10.1. The van der Waals surface area contributed by atoms with Crippen molar-refractivity contribution >= 4 is 17.3 Å². The summed E-state index contributed by atoms with van der Waals surface area (Å²) >= 11 is 0. The van der Waals surface area contributed by atoms with Crippen molar-refractivity contribution in [2.24, 2.45) is 0 Å². The Morgan fingerprint density at radius 3 is 2.13 bits per heavy atom. The summed E-state index contributed by atoms with van der Waals surface area (Å²) < 4.78 is 5.17. The maximum Gasteiger partial charge on any atom is 0.256 e. The fraction of sp³-hybridized carbons (Fsp3) is 0.316. The van der Waals surface area contributed by atoms with Gasteiger partial charge < -0.3 is 15.4 Å². The van der Waals surface area contributed by atoms with Crippen molar-refractivity contribution < 1.29 is 9.53 Å². The number of hydrogen-bond acceptors (Lipinski definition) is 3. The zero-order chi connectivity index (χ0) is 16.9. The highest BCUT2D eigenvalue weighted by molar-refractivity contribution is 5.96. The van der Waals surface area contributed by atoms with Crippen molar-refractivity contribution in [1.29, 1.82) is 0 Å². The Morgan fingerprint density at radius 1 is 1.00 bits per heavy atom. The molecule has 122 valence electrons. The van der Waals surface area contributed by atoms with Crippen LogP contribution in [0.5, 0.6) is 0 Å². The van der Waals surface area contributed by atoms with Crippen molar-refractivity contribution in [3.05, 3.63) is 60.2 Å². The summed E-state index contributed by atoms with van der Waals surface area (Å²) in [5.74, 6) is -0.168. The fourth-order valence-electron chi connectivity index (χ4n) is 2.10. The van der Waals surface area contributed by atoms with Gasteiger partial charge in [-0.25, -0.2) is 0 Å². The first-order chi connectivity index (χ1) is 10.9. The summed E-state index contributed by atoms with van der Waals surface area (Å²) in [4.78, 5) is 12.1. The largest absolute Gasteiger partial charge is 0.379 e. The minimum Gasteiger partial charge on any atom is -0.379 e. The maximum atomic E-state index is 12.1. The molecule has 0 spiro atoms. The monoisotopic (exact) mass is 312 g/mol. The molecule has 0 aliphatic rings. The maximum absolute atomic E-state index is 12.1. The quantitative estimate of drug-likeness (QED) is 0.839. The van der Waals surface area contributed by atoms with Gasteiger partial charge in [-0.05, 0) is 50.6 Å². The first kappa shape index (κ1) is 17.0. The Balaban J connectivity index is 1.98. The van der Waals surface area contributed by atoms with E-state index < -0.39 is 5.60 Å². The van der Waals surface area contributed by atoms with E-state index in [1.165, 1.54) is 12.7 Å². The molecule has 1 unspecified atom stereocenters. The number of hydrogen-bond donors (Lipinski definition) is 2. The van der Waals surface area contributed by atoms with Crippen LogP contribution in [0, 0.1) is 0 Å². The normalized spacial score (nSPS) is 12.5. The molecule has 0 fully saturated rings. The van der Waals surface area contributed by atoms with Crippen LogP contribution < -0.4 is 10.6 Å². The minimum atomic E-state index is -0.848. The average molecular weight is 312 g/mol. The molecule has 0 aliphatic heterocycles. The SMILES string of the molecule is COC(C)(C)C(=O)Nc1ccc(NC(C)c2ccccc2)cc1. The van der Waals surface area contributed by atoms with Gasteiger partial charge in [-0.15, -0.1) is 0 Å². The van der Waals surface area contributed by atoms with E-state index in [-0.39, 0.29) is 11.9 Å². The molecule has 2 rings (SSSR count). The van der Waals surface area contributed by atoms with Gasteiger partial charge in [-0.2, -0.15) is 0 Å². The van der Waals surface area contributed by atoms with E-state index in [1.54, 1.807) is 13.8 Å². The first-order valence-electron chi connectivity index (χ1n) is 7.70. The van der Waals surface area contributed by atoms with E-state index in [0.717, 1.165) is 11.4 Å². The third kappa shape index (κ3) is 4.57. The fourth-order valence-corrected chi connectivity index (χ4v) is 2.10. The molecule has 0 aliphatic carbocycles. The van der Waals surface area contributed by atoms with E-state index in [1.807, 2.05) is 42.5 Å². The number of anilines is 2. The molecule has 2 N–H and O–H groups in total. The highest BCUT2D eigenvalue weighted by Crippen LogP contribution is 2.21. The van der Waals surface area contributed by atoms with Crippen LogP contribution in [0.1, 0.15) is 32.4 Å². The molecule has 0 aromatic heterocycles. The first-order valence-corrected chi connectivity index (χ1v) is 7.70. The second-order valence-electron chi connectivity index (χ2n) is 6.02. The molecular weight excluding hydrogens is 288 g/mol. The molecule has 4 nitrogen and oxygen atoms in total. The predicted molar refractivity (Wildman–Crippen MR) is 94.6 cm³/mol. The van der Waals surface area contributed by atoms with Crippen LogP contribution in [0.25, 0.3) is 0 Å². The summed E-state index contributed by atoms with van der Waals surface area (Å²) in [5, 5.41) is 6.30.